The Labute approximate surface area is 143 Å². The number of carbonyl (C=O) groups excluding carboxylic acids is 1. The normalized spacial score (nSPS) is 10.7. The molecule has 7 heteroatoms. The number of nitrogens with one attached hydrogen (secondary N) is 2. The van der Waals surface area contributed by atoms with Gasteiger partial charge in [0.2, 0.25) is 0 Å². The van der Waals surface area contributed by atoms with Gasteiger partial charge in [0.1, 0.15) is 11.4 Å². The lowest BCUT2D eigenvalue weighted by Crippen LogP contribution is -2.29. The van der Waals surface area contributed by atoms with E-state index in [-0.39, 0.29) is 17.9 Å². The van der Waals surface area contributed by atoms with Crippen LogP contribution in [-0.4, -0.2) is 20.7 Å². The van der Waals surface area contributed by atoms with Crippen molar-refractivity contribution in [3.63, 3.8) is 0 Å². The van der Waals surface area contributed by atoms with Crippen LogP contribution in [0.15, 0.2) is 47.4 Å². The third kappa shape index (κ3) is 3.65. The summed E-state index contributed by atoms with van der Waals surface area (Å²) < 4.78 is 14.6. The van der Waals surface area contributed by atoms with E-state index < -0.39 is 11.5 Å². The van der Waals surface area contributed by atoms with Crippen molar-refractivity contribution in [1.82, 2.24) is 20.1 Å². The molecule has 128 valence electrons. The van der Waals surface area contributed by atoms with E-state index in [0.29, 0.717) is 5.69 Å². The van der Waals surface area contributed by atoms with Crippen LogP contribution in [0.4, 0.5) is 4.39 Å². The van der Waals surface area contributed by atoms with E-state index in [1.807, 2.05) is 6.92 Å². The maximum Gasteiger partial charge on any atom is 0.260 e. The van der Waals surface area contributed by atoms with Crippen molar-refractivity contribution in [2.75, 3.05) is 0 Å². The highest BCUT2D eigenvalue weighted by Crippen LogP contribution is 2.12. The van der Waals surface area contributed by atoms with E-state index in [4.69, 9.17) is 0 Å². The van der Waals surface area contributed by atoms with E-state index in [1.165, 1.54) is 18.2 Å². The maximum absolute atomic E-state index is 13.0. The number of pyridine rings is 1. The minimum atomic E-state index is -0.449. The zero-order chi connectivity index (χ0) is 18.0. The van der Waals surface area contributed by atoms with Crippen LogP contribution in [0.2, 0.25) is 0 Å². The van der Waals surface area contributed by atoms with E-state index in [9.17, 15) is 14.0 Å². The summed E-state index contributed by atoms with van der Waals surface area (Å²) in [5, 5.41) is 7.08. The largest absolute Gasteiger partial charge is 0.348 e. The number of benzene rings is 1. The number of hydrogen-bond donors (Lipinski definition) is 2. The summed E-state index contributed by atoms with van der Waals surface area (Å²) in [5.74, 6) is -0.765. The molecule has 25 heavy (non-hydrogen) atoms. The quantitative estimate of drug-likeness (QED) is 0.764. The van der Waals surface area contributed by atoms with Crippen LogP contribution in [-0.2, 0) is 6.54 Å². The van der Waals surface area contributed by atoms with E-state index in [2.05, 4.69) is 15.4 Å². The fourth-order valence-corrected chi connectivity index (χ4v) is 2.42. The van der Waals surface area contributed by atoms with E-state index >= 15 is 0 Å². The molecule has 6 nitrogen and oxygen atoms in total. The maximum atomic E-state index is 13.0. The number of aromatic nitrogens is 3. The Morgan fingerprint density at radius 3 is 2.60 bits per heavy atom. The average molecular weight is 340 g/mol. The van der Waals surface area contributed by atoms with Gasteiger partial charge in [0, 0.05) is 24.0 Å². The Morgan fingerprint density at radius 2 is 1.92 bits per heavy atom. The van der Waals surface area contributed by atoms with Gasteiger partial charge in [-0.15, -0.1) is 0 Å². The van der Waals surface area contributed by atoms with Gasteiger partial charge >= 0.3 is 0 Å². The van der Waals surface area contributed by atoms with Crippen molar-refractivity contribution < 1.29 is 9.18 Å². The fraction of sp³-hybridized carbons (Fsp3) is 0.167. The van der Waals surface area contributed by atoms with Crippen LogP contribution in [0.3, 0.4) is 0 Å². The topological polar surface area (TPSA) is 79.8 Å². The molecule has 1 aromatic carbocycles. The van der Waals surface area contributed by atoms with Crippen LogP contribution in [0.5, 0.6) is 0 Å². The summed E-state index contributed by atoms with van der Waals surface area (Å²) >= 11 is 0. The standard InChI is InChI=1S/C18H17FN4O2/c1-11-3-8-16(18(25)21-11)17(24)20-9-13-10-23(22-12(13)2)15-6-4-14(19)5-7-15/h3-8,10H,9H2,1-2H3,(H,20,24)(H,21,25). The number of hydrogen-bond acceptors (Lipinski definition) is 3. The number of amides is 1. The van der Waals surface area contributed by atoms with Crippen molar-refractivity contribution in [1.29, 1.82) is 0 Å². The zero-order valence-electron chi connectivity index (χ0n) is 13.8. The SMILES string of the molecule is Cc1ccc(C(=O)NCc2cn(-c3ccc(F)cc3)nc2C)c(=O)[nH]1. The van der Waals surface area contributed by atoms with Gasteiger partial charge in [-0.2, -0.15) is 5.10 Å². The summed E-state index contributed by atoms with van der Waals surface area (Å²) in [4.78, 5) is 26.6. The minimum absolute atomic E-state index is 0.0641. The van der Waals surface area contributed by atoms with Gasteiger partial charge in [-0.1, -0.05) is 0 Å². The van der Waals surface area contributed by atoms with Crippen molar-refractivity contribution >= 4 is 5.91 Å². The monoisotopic (exact) mass is 340 g/mol. The van der Waals surface area contributed by atoms with Crippen molar-refractivity contribution in [2.45, 2.75) is 20.4 Å². The average Bonchev–Trinajstić information content (AvgIpc) is 2.94. The molecule has 1 amide bonds. The smallest absolute Gasteiger partial charge is 0.260 e. The molecule has 0 saturated carbocycles. The summed E-state index contributed by atoms with van der Waals surface area (Å²) in [5.41, 5.74) is 2.60. The number of aryl methyl sites for hydroxylation is 2. The summed E-state index contributed by atoms with van der Waals surface area (Å²) in [6.07, 6.45) is 1.77. The molecular formula is C18H17FN4O2. The predicted molar refractivity (Wildman–Crippen MR) is 91.2 cm³/mol. The summed E-state index contributed by atoms with van der Waals surface area (Å²) in [6.45, 7) is 3.80. The molecular weight excluding hydrogens is 323 g/mol. The van der Waals surface area contributed by atoms with Crippen LogP contribution < -0.4 is 10.9 Å². The first kappa shape index (κ1) is 16.6. The van der Waals surface area contributed by atoms with Crippen LogP contribution in [0.1, 0.15) is 27.3 Å². The number of nitrogens with zero attached hydrogens (tertiary/aromatic N) is 2. The van der Waals surface area contributed by atoms with Crippen LogP contribution >= 0.6 is 0 Å². The lowest BCUT2D eigenvalue weighted by atomic mass is 10.2. The third-order valence-electron chi connectivity index (χ3n) is 3.83. The molecule has 0 aliphatic carbocycles. The van der Waals surface area contributed by atoms with E-state index in [1.54, 1.807) is 36.0 Å². The molecule has 0 unspecified atom stereocenters. The Morgan fingerprint density at radius 1 is 1.20 bits per heavy atom. The molecule has 0 aliphatic rings. The fourth-order valence-electron chi connectivity index (χ4n) is 2.42. The highest BCUT2D eigenvalue weighted by molar-refractivity contribution is 5.93. The molecule has 0 saturated heterocycles. The first-order chi connectivity index (χ1) is 11.9. The van der Waals surface area contributed by atoms with Crippen LogP contribution in [0.25, 0.3) is 5.69 Å². The Kier molecular flexibility index (Phi) is 4.47. The minimum Gasteiger partial charge on any atom is -0.348 e. The molecule has 0 spiro atoms. The van der Waals surface area contributed by atoms with E-state index in [0.717, 1.165) is 16.9 Å². The number of aromatic amines is 1. The lowest BCUT2D eigenvalue weighted by molar-refractivity contribution is 0.0949. The lowest BCUT2D eigenvalue weighted by Gasteiger charge is -2.04. The van der Waals surface area contributed by atoms with Gasteiger partial charge < -0.3 is 10.3 Å². The molecule has 2 heterocycles. The Balaban J connectivity index is 1.74. The highest BCUT2D eigenvalue weighted by atomic mass is 19.1. The second kappa shape index (κ2) is 6.72. The molecule has 0 aliphatic heterocycles. The Hall–Kier alpha value is -3.22. The second-order valence-electron chi connectivity index (χ2n) is 5.73. The first-order valence-electron chi connectivity index (χ1n) is 7.73. The number of halogens is 1. The molecule has 3 aromatic rings. The molecule has 0 radical (unpaired) electrons. The second-order valence-corrected chi connectivity index (χ2v) is 5.73. The van der Waals surface area contributed by atoms with Crippen molar-refractivity contribution in [3.05, 3.63) is 81.3 Å². The zero-order valence-corrected chi connectivity index (χ0v) is 13.8. The molecule has 2 aromatic heterocycles. The molecule has 2 N–H and O–H groups in total. The molecule has 0 bridgehead atoms. The summed E-state index contributed by atoms with van der Waals surface area (Å²) in [6, 6.07) is 9.13. The van der Waals surface area contributed by atoms with Gasteiger partial charge in [0.05, 0.1) is 11.4 Å². The van der Waals surface area contributed by atoms with Gasteiger partial charge in [-0.3, -0.25) is 9.59 Å². The summed E-state index contributed by atoms with van der Waals surface area (Å²) in [7, 11) is 0. The molecule has 3 rings (SSSR count). The van der Waals surface area contributed by atoms with Gasteiger partial charge in [0.15, 0.2) is 0 Å². The highest BCUT2D eigenvalue weighted by Gasteiger charge is 2.12. The first-order valence-corrected chi connectivity index (χ1v) is 7.73. The van der Waals surface area contributed by atoms with Gasteiger partial charge in [-0.25, -0.2) is 9.07 Å². The van der Waals surface area contributed by atoms with Gasteiger partial charge in [-0.05, 0) is 50.2 Å². The van der Waals surface area contributed by atoms with Crippen molar-refractivity contribution in [3.8, 4) is 5.69 Å². The van der Waals surface area contributed by atoms with Gasteiger partial charge in [0.25, 0.3) is 11.5 Å². The number of H-pyrrole nitrogens is 1. The van der Waals surface area contributed by atoms with Crippen LogP contribution in [0, 0.1) is 19.7 Å². The number of rotatable bonds is 4. The predicted octanol–water partition coefficient (Wildman–Crippen LogP) is 2.25. The molecule has 0 atom stereocenters. The Bertz CT molecular complexity index is 973. The number of carbonyl (C=O) groups is 1. The van der Waals surface area contributed by atoms with Crippen molar-refractivity contribution in [2.24, 2.45) is 0 Å². The third-order valence-corrected chi connectivity index (χ3v) is 3.83. The molecule has 0 fully saturated rings.